The second-order valence-corrected chi connectivity index (χ2v) is 6.39. The van der Waals surface area contributed by atoms with Gasteiger partial charge in [-0.05, 0) is 12.0 Å². The van der Waals surface area contributed by atoms with Crippen molar-refractivity contribution in [3.8, 4) is 5.88 Å². The number of ether oxygens (including phenoxy) is 2. The monoisotopic (exact) mass is 364 g/mol. The van der Waals surface area contributed by atoms with E-state index in [1.54, 1.807) is 42.7 Å². The Morgan fingerprint density at radius 2 is 2.20 bits per heavy atom. The van der Waals surface area contributed by atoms with Crippen molar-refractivity contribution in [2.45, 2.75) is 26.4 Å². The topological polar surface area (TPSA) is 76.6 Å². The Labute approximate surface area is 152 Å². The number of carbonyl (C=O) groups excluding carboxylic acids is 1. The van der Waals surface area contributed by atoms with Gasteiger partial charge >= 0.3 is 6.03 Å². The number of amides is 2. The van der Waals surface area contributed by atoms with Crippen LogP contribution < -0.4 is 10.1 Å². The summed E-state index contributed by atoms with van der Waals surface area (Å²) in [7, 11) is 3.38. The quantitative estimate of drug-likeness (QED) is 0.692. The summed E-state index contributed by atoms with van der Waals surface area (Å²) in [6.07, 6.45) is 2.61. The Morgan fingerprint density at radius 1 is 1.36 bits per heavy atom. The van der Waals surface area contributed by atoms with E-state index in [4.69, 9.17) is 9.47 Å². The number of carbonyl (C=O) groups is 1. The Bertz CT molecular complexity index is 660. The van der Waals surface area contributed by atoms with Crippen LogP contribution in [0.5, 0.6) is 5.88 Å². The van der Waals surface area contributed by atoms with E-state index in [0.29, 0.717) is 32.2 Å². The Hall–Kier alpha value is -2.19. The minimum atomic E-state index is -0.147. The first-order valence-electron chi connectivity index (χ1n) is 8.11. The molecule has 0 saturated heterocycles. The molecule has 25 heavy (non-hydrogen) atoms. The number of hydrogen-bond donors (Lipinski definition) is 1. The summed E-state index contributed by atoms with van der Waals surface area (Å²) in [5.74, 6) is 0.541. The number of aryl methyl sites for hydroxylation is 1. The Kier molecular flexibility index (Phi) is 7.62. The van der Waals surface area contributed by atoms with Gasteiger partial charge in [-0.3, -0.25) is 0 Å². The van der Waals surface area contributed by atoms with E-state index in [1.165, 1.54) is 0 Å². The molecule has 0 aliphatic heterocycles. The fourth-order valence-electron chi connectivity index (χ4n) is 2.04. The highest BCUT2D eigenvalue weighted by molar-refractivity contribution is 7.09. The molecule has 0 spiro atoms. The number of rotatable bonds is 9. The number of nitrogens with zero attached hydrogens (tertiary/aromatic N) is 3. The average molecular weight is 364 g/mol. The first kappa shape index (κ1) is 19.1. The molecule has 2 rings (SSSR count). The minimum absolute atomic E-state index is 0.147. The van der Waals surface area contributed by atoms with E-state index in [1.807, 2.05) is 11.4 Å². The molecule has 2 heterocycles. The van der Waals surface area contributed by atoms with Crippen molar-refractivity contribution in [1.82, 2.24) is 20.2 Å². The van der Waals surface area contributed by atoms with Crippen LogP contribution in [0.25, 0.3) is 0 Å². The molecule has 0 aliphatic rings. The molecule has 0 atom stereocenters. The van der Waals surface area contributed by atoms with Crippen molar-refractivity contribution in [3.05, 3.63) is 40.0 Å². The van der Waals surface area contributed by atoms with Gasteiger partial charge in [-0.25, -0.2) is 14.8 Å². The lowest BCUT2D eigenvalue weighted by Gasteiger charge is -2.16. The highest BCUT2D eigenvalue weighted by Gasteiger charge is 2.11. The largest absolute Gasteiger partial charge is 0.475 e. The number of thiazole rings is 1. The van der Waals surface area contributed by atoms with Crippen molar-refractivity contribution < 1.29 is 14.3 Å². The first-order chi connectivity index (χ1) is 12.1. The minimum Gasteiger partial charge on any atom is -0.475 e. The summed E-state index contributed by atoms with van der Waals surface area (Å²) in [6.45, 7) is 3.95. The van der Waals surface area contributed by atoms with Crippen LogP contribution in [0.2, 0.25) is 0 Å². The van der Waals surface area contributed by atoms with E-state index >= 15 is 0 Å². The SMILES string of the molecule is CCc1nc(CN(C)C(=O)NCc2ccc(OCCOC)nc2)cs1. The zero-order valence-corrected chi connectivity index (χ0v) is 15.6. The standard InChI is InChI=1S/C17H24N4O3S/c1-4-16-20-14(12-25-16)11-21(2)17(22)19-10-13-5-6-15(18-9-13)24-8-7-23-3/h5-6,9,12H,4,7-8,10-11H2,1-3H3,(H,19,22). The third kappa shape index (κ3) is 6.32. The van der Waals surface area contributed by atoms with Gasteiger partial charge < -0.3 is 19.7 Å². The van der Waals surface area contributed by atoms with Crippen LogP contribution in [0.1, 0.15) is 23.2 Å². The molecule has 1 N–H and O–H groups in total. The van der Waals surface area contributed by atoms with E-state index in [-0.39, 0.29) is 6.03 Å². The molecule has 2 amide bonds. The zero-order chi connectivity index (χ0) is 18.1. The zero-order valence-electron chi connectivity index (χ0n) is 14.8. The lowest BCUT2D eigenvalue weighted by Crippen LogP contribution is -2.36. The smallest absolute Gasteiger partial charge is 0.317 e. The predicted molar refractivity (Wildman–Crippen MR) is 96.8 cm³/mol. The van der Waals surface area contributed by atoms with Crippen molar-refractivity contribution in [1.29, 1.82) is 0 Å². The van der Waals surface area contributed by atoms with Gasteiger partial charge in [0.25, 0.3) is 0 Å². The number of aromatic nitrogens is 2. The number of hydrogen-bond acceptors (Lipinski definition) is 6. The van der Waals surface area contributed by atoms with Crippen LogP contribution in [0.15, 0.2) is 23.7 Å². The molecule has 0 aliphatic carbocycles. The van der Waals surface area contributed by atoms with Crippen LogP contribution in [0, 0.1) is 0 Å². The third-order valence-corrected chi connectivity index (χ3v) is 4.47. The summed E-state index contributed by atoms with van der Waals surface area (Å²) < 4.78 is 10.3. The fraction of sp³-hybridized carbons (Fsp3) is 0.471. The normalized spacial score (nSPS) is 10.5. The van der Waals surface area contributed by atoms with Crippen molar-refractivity contribution in [3.63, 3.8) is 0 Å². The van der Waals surface area contributed by atoms with E-state index in [0.717, 1.165) is 22.7 Å². The van der Waals surface area contributed by atoms with Crippen LogP contribution in [0.3, 0.4) is 0 Å². The van der Waals surface area contributed by atoms with E-state index < -0.39 is 0 Å². The van der Waals surface area contributed by atoms with E-state index in [9.17, 15) is 4.79 Å². The summed E-state index contributed by atoms with van der Waals surface area (Å²) >= 11 is 1.62. The van der Waals surface area contributed by atoms with Crippen LogP contribution in [0.4, 0.5) is 4.79 Å². The lowest BCUT2D eigenvalue weighted by atomic mass is 10.3. The van der Waals surface area contributed by atoms with Gasteiger partial charge in [0.1, 0.15) is 6.61 Å². The molecular weight excluding hydrogens is 340 g/mol. The molecule has 0 bridgehead atoms. The predicted octanol–water partition coefficient (Wildman–Crippen LogP) is 2.47. The van der Waals surface area contributed by atoms with E-state index in [2.05, 4.69) is 22.2 Å². The van der Waals surface area contributed by atoms with Crippen molar-refractivity contribution in [2.24, 2.45) is 0 Å². The highest BCUT2D eigenvalue weighted by Crippen LogP contribution is 2.12. The molecule has 2 aromatic heterocycles. The molecule has 0 radical (unpaired) electrons. The maximum absolute atomic E-state index is 12.2. The second kappa shape index (κ2) is 9.95. The van der Waals surface area contributed by atoms with Gasteiger partial charge in [0.05, 0.1) is 23.9 Å². The first-order valence-corrected chi connectivity index (χ1v) is 8.99. The Morgan fingerprint density at radius 3 is 2.84 bits per heavy atom. The summed E-state index contributed by atoms with van der Waals surface area (Å²) in [6, 6.07) is 3.51. The van der Waals surface area contributed by atoms with Crippen LogP contribution >= 0.6 is 11.3 Å². The number of nitrogens with one attached hydrogen (secondary N) is 1. The van der Waals surface area contributed by atoms with Gasteiger partial charge in [0.15, 0.2) is 0 Å². The molecular formula is C17H24N4O3S. The van der Waals surface area contributed by atoms with Crippen LogP contribution in [-0.2, 0) is 24.2 Å². The van der Waals surface area contributed by atoms with Crippen molar-refractivity contribution in [2.75, 3.05) is 27.4 Å². The number of pyridine rings is 1. The summed E-state index contributed by atoms with van der Waals surface area (Å²) in [5, 5.41) is 5.95. The third-order valence-electron chi connectivity index (χ3n) is 3.43. The van der Waals surface area contributed by atoms with Gasteiger partial charge in [-0.15, -0.1) is 11.3 Å². The molecule has 0 saturated carbocycles. The lowest BCUT2D eigenvalue weighted by molar-refractivity contribution is 0.143. The maximum atomic E-state index is 12.2. The van der Waals surface area contributed by atoms with Crippen molar-refractivity contribution >= 4 is 17.4 Å². The molecule has 8 heteroatoms. The number of urea groups is 1. The molecule has 136 valence electrons. The highest BCUT2D eigenvalue weighted by atomic mass is 32.1. The maximum Gasteiger partial charge on any atom is 0.317 e. The molecule has 0 aromatic carbocycles. The van der Waals surface area contributed by atoms with Crippen LogP contribution in [-0.4, -0.2) is 48.3 Å². The summed E-state index contributed by atoms with van der Waals surface area (Å²) in [5.41, 5.74) is 1.82. The molecule has 0 fully saturated rings. The average Bonchev–Trinajstić information content (AvgIpc) is 3.08. The molecule has 7 nitrogen and oxygen atoms in total. The van der Waals surface area contributed by atoms with Gasteiger partial charge in [-0.2, -0.15) is 0 Å². The van der Waals surface area contributed by atoms with Gasteiger partial charge in [0, 0.05) is 38.3 Å². The molecule has 0 unspecified atom stereocenters. The van der Waals surface area contributed by atoms with Gasteiger partial charge in [0.2, 0.25) is 5.88 Å². The molecule has 2 aromatic rings. The fourth-order valence-corrected chi connectivity index (χ4v) is 2.78. The Balaban J connectivity index is 1.76. The number of methoxy groups -OCH3 is 1. The summed E-state index contributed by atoms with van der Waals surface area (Å²) in [4.78, 5) is 22.5. The second-order valence-electron chi connectivity index (χ2n) is 5.45. The van der Waals surface area contributed by atoms with Gasteiger partial charge in [-0.1, -0.05) is 13.0 Å².